The van der Waals surface area contributed by atoms with E-state index in [1.165, 1.54) is 4.52 Å². The fourth-order valence-corrected chi connectivity index (χ4v) is 4.40. The molecule has 1 amide bonds. The van der Waals surface area contributed by atoms with Crippen LogP contribution in [-0.2, 0) is 0 Å². The van der Waals surface area contributed by atoms with E-state index in [2.05, 4.69) is 15.4 Å². The van der Waals surface area contributed by atoms with Crippen molar-refractivity contribution in [2.45, 2.75) is 19.9 Å². The summed E-state index contributed by atoms with van der Waals surface area (Å²) in [5, 5.41) is 8.69. The number of hydrogen-bond donors (Lipinski definition) is 2. The number of nitrogens with one attached hydrogen (secondary N) is 1. The smallest absolute Gasteiger partial charge is 0.264 e. The van der Waals surface area contributed by atoms with Gasteiger partial charge in [-0.2, -0.15) is 0 Å². The van der Waals surface area contributed by atoms with Crippen LogP contribution in [0.15, 0.2) is 71.7 Å². The largest absolute Gasteiger partial charge is 0.381 e. The van der Waals surface area contributed by atoms with Crippen molar-refractivity contribution in [1.29, 1.82) is 0 Å². The lowest BCUT2D eigenvalue weighted by atomic mass is 10.1. The summed E-state index contributed by atoms with van der Waals surface area (Å²) in [4.78, 5) is 31.2. The number of carbonyl (C=O) groups is 1. The maximum absolute atomic E-state index is 13.6. The SMILES string of the molecule is Cc1ccnc2c(C(=O)NC(C)c3cc4cccc(Cl)c4c(=O)n3-c3ccccc3)c(N)nn12. The highest BCUT2D eigenvalue weighted by molar-refractivity contribution is 6.35. The molecule has 9 heteroatoms. The number of aromatic nitrogens is 4. The molecule has 5 aromatic rings. The second-order valence-electron chi connectivity index (χ2n) is 8.03. The van der Waals surface area contributed by atoms with Crippen molar-refractivity contribution >= 4 is 39.7 Å². The van der Waals surface area contributed by atoms with Crippen molar-refractivity contribution in [1.82, 2.24) is 24.5 Å². The number of benzene rings is 2. The van der Waals surface area contributed by atoms with Crippen LogP contribution in [0.2, 0.25) is 5.02 Å². The summed E-state index contributed by atoms with van der Waals surface area (Å²) in [6.45, 7) is 3.66. The standard InChI is InChI=1S/C25H21ClN6O2/c1-14-11-12-28-23-21(22(27)30-32(14)23)24(33)29-15(2)19-13-16-7-6-10-18(26)20(16)25(34)31(19)17-8-4-3-5-9-17/h3-13,15H,1-2H3,(H2,27,30)(H,29,33). The first-order valence-electron chi connectivity index (χ1n) is 10.7. The van der Waals surface area contributed by atoms with Gasteiger partial charge >= 0.3 is 0 Å². The molecule has 0 spiro atoms. The summed E-state index contributed by atoms with van der Waals surface area (Å²) in [5.74, 6) is -0.353. The Hall–Kier alpha value is -4.17. The zero-order chi connectivity index (χ0) is 24.0. The molecule has 1 unspecified atom stereocenters. The zero-order valence-electron chi connectivity index (χ0n) is 18.5. The zero-order valence-corrected chi connectivity index (χ0v) is 19.2. The number of amides is 1. The van der Waals surface area contributed by atoms with E-state index in [1.54, 1.807) is 29.0 Å². The molecule has 0 saturated carbocycles. The van der Waals surface area contributed by atoms with E-state index in [0.717, 1.165) is 5.69 Å². The number of nitrogens with zero attached hydrogens (tertiary/aromatic N) is 4. The first kappa shape index (κ1) is 21.7. The topological polar surface area (TPSA) is 107 Å². The Balaban J connectivity index is 1.64. The summed E-state index contributed by atoms with van der Waals surface area (Å²) in [6, 6.07) is 17.6. The number of nitrogens with two attached hydrogens (primary N) is 1. The second-order valence-corrected chi connectivity index (χ2v) is 8.43. The highest BCUT2D eigenvalue weighted by Gasteiger charge is 2.24. The Morgan fingerprint density at radius 1 is 1.12 bits per heavy atom. The quantitative estimate of drug-likeness (QED) is 0.410. The Bertz CT molecular complexity index is 1620. The van der Waals surface area contributed by atoms with Crippen LogP contribution in [-0.4, -0.2) is 25.1 Å². The lowest BCUT2D eigenvalue weighted by molar-refractivity contribution is 0.0941. The first-order chi connectivity index (χ1) is 16.4. The van der Waals surface area contributed by atoms with Gasteiger partial charge in [-0.1, -0.05) is 41.9 Å². The summed E-state index contributed by atoms with van der Waals surface area (Å²) < 4.78 is 3.11. The molecule has 3 heterocycles. The maximum atomic E-state index is 13.6. The second kappa shape index (κ2) is 8.31. The van der Waals surface area contributed by atoms with Gasteiger partial charge in [0.1, 0.15) is 5.56 Å². The monoisotopic (exact) mass is 472 g/mol. The van der Waals surface area contributed by atoms with Crippen LogP contribution in [0.5, 0.6) is 0 Å². The third kappa shape index (κ3) is 3.48. The van der Waals surface area contributed by atoms with E-state index in [-0.39, 0.29) is 16.9 Å². The van der Waals surface area contributed by atoms with Crippen molar-refractivity contribution in [3.8, 4) is 5.69 Å². The third-order valence-corrected chi connectivity index (χ3v) is 6.11. The fourth-order valence-electron chi connectivity index (χ4n) is 4.14. The van der Waals surface area contributed by atoms with Crippen molar-refractivity contribution in [3.05, 3.63) is 99.2 Å². The van der Waals surface area contributed by atoms with Gasteiger partial charge in [0.15, 0.2) is 11.5 Å². The number of anilines is 1. The molecule has 0 aliphatic carbocycles. The van der Waals surface area contributed by atoms with Crippen molar-refractivity contribution in [2.24, 2.45) is 0 Å². The predicted molar refractivity (Wildman–Crippen MR) is 133 cm³/mol. The molecule has 0 saturated heterocycles. The van der Waals surface area contributed by atoms with Gasteiger partial charge in [0.25, 0.3) is 11.5 Å². The lowest BCUT2D eigenvalue weighted by Crippen LogP contribution is -2.32. The van der Waals surface area contributed by atoms with E-state index in [0.29, 0.717) is 32.8 Å². The van der Waals surface area contributed by atoms with E-state index < -0.39 is 11.9 Å². The molecular formula is C25H21ClN6O2. The number of rotatable bonds is 4. The first-order valence-corrected chi connectivity index (χ1v) is 11.0. The van der Waals surface area contributed by atoms with Crippen LogP contribution in [0, 0.1) is 6.92 Å². The molecule has 5 rings (SSSR count). The van der Waals surface area contributed by atoms with Gasteiger partial charge in [0, 0.05) is 23.3 Å². The number of hydrogen-bond acceptors (Lipinski definition) is 5. The van der Waals surface area contributed by atoms with Crippen molar-refractivity contribution in [3.63, 3.8) is 0 Å². The minimum absolute atomic E-state index is 0.0808. The van der Waals surface area contributed by atoms with E-state index in [9.17, 15) is 9.59 Å². The summed E-state index contributed by atoms with van der Waals surface area (Å²) in [5.41, 5.74) is 8.42. The molecule has 2 aromatic carbocycles. The van der Waals surface area contributed by atoms with Gasteiger partial charge < -0.3 is 11.1 Å². The van der Waals surface area contributed by atoms with Crippen LogP contribution < -0.4 is 16.6 Å². The third-order valence-electron chi connectivity index (χ3n) is 5.79. The average Bonchev–Trinajstić information content (AvgIpc) is 3.16. The molecule has 0 fully saturated rings. The number of pyridine rings is 1. The molecule has 34 heavy (non-hydrogen) atoms. The minimum Gasteiger partial charge on any atom is -0.381 e. The van der Waals surface area contributed by atoms with Gasteiger partial charge in [-0.15, -0.1) is 5.10 Å². The number of aryl methyl sites for hydroxylation is 1. The number of fused-ring (bicyclic) bond motifs is 2. The van der Waals surface area contributed by atoms with Crippen LogP contribution >= 0.6 is 11.6 Å². The van der Waals surface area contributed by atoms with E-state index in [4.69, 9.17) is 17.3 Å². The molecule has 1 atom stereocenters. The Morgan fingerprint density at radius 3 is 2.65 bits per heavy atom. The molecule has 170 valence electrons. The number of nitrogen functional groups attached to an aromatic ring is 1. The van der Waals surface area contributed by atoms with Gasteiger partial charge in [0.2, 0.25) is 0 Å². The minimum atomic E-state index is -0.553. The van der Waals surface area contributed by atoms with Crippen molar-refractivity contribution < 1.29 is 4.79 Å². The molecule has 0 radical (unpaired) electrons. The molecule has 8 nitrogen and oxygen atoms in total. The Morgan fingerprint density at radius 2 is 1.88 bits per heavy atom. The molecular weight excluding hydrogens is 452 g/mol. The van der Waals surface area contributed by atoms with Gasteiger partial charge in [-0.3, -0.25) is 14.2 Å². The molecule has 0 aliphatic heterocycles. The maximum Gasteiger partial charge on any atom is 0.264 e. The molecule has 0 aliphatic rings. The normalized spacial score (nSPS) is 12.2. The lowest BCUT2D eigenvalue weighted by Gasteiger charge is -2.21. The summed E-state index contributed by atoms with van der Waals surface area (Å²) >= 11 is 6.38. The highest BCUT2D eigenvalue weighted by Crippen LogP contribution is 2.26. The Kier molecular flexibility index (Phi) is 5.30. The van der Waals surface area contributed by atoms with Crippen LogP contribution in [0.3, 0.4) is 0 Å². The summed E-state index contributed by atoms with van der Waals surface area (Å²) in [6.07, 6.45) is 1.60. The average molecular weight is 473 g/mol. The van der Waals surface area contributed by atoms with Gasteiger partial charge in [-0.25, -0.2) is 9.50 Å². The van der Waals surface area contributed by atoms with E-state index >= 15 is 0 Å². The van der Waals surface area contributed by atoms with Gasteiger partial charge in [0.05, 0.1) is 16.5 Å². The molecule has 3 N–H and O–H groups in total. The number of carbonyl (C=O) groups excluding carboxylic acids is 1. The fraction of sp³-hybridized carbons (Fsp3) is 0.120. The van der Waals surface area contributed by atoms with Crippen LogP contribution in [0.4, 0.5) is 5.82 Å². The Labute approximate surface area is 199 Å². The summed E-state index contributed by atoms with van der Waals surface area (Å²) in [7, 11) is 0. The molecule has 3 aromatic heterocycles. The molecule has 0 bridgehead atoms. The predicted octanol–water partition coefficient (Wildman–Crippen LogP) is 4.07. The van der Waals surface area contributed by atoms with Crippen LogP contribution in [0.1, 0.15) is 34.7 Å². The number of halogens is 1. The van der Waals surface area contributed by atoms with Crippen molar-refractivity contribution in [2.75, 3.05) is 5.73 Å². The number of para-hydroxylation sites is 1. The van der Waals surface area contributed by atoms with Crippen LogP contribution in [0.25, 0.3) is 22.1 Å². The highest BCUT2D eigenvalue weighted by atomic mass is 35.5. The van der Waals surface area contributed by atoms with E-state index in [1.807, 2.05) is 56.3 Å². The van der Waals surface area contributed by atoms with Gasteiger partial charge in [-0.05, 0) is 49.6 Å².